The van der Waals surface area contributed by atoms with E-state index in [-0.39, 0.29) is 12.4 Å². The second-order valence-corrected chi connectivity index (χ2v) is 8.44. The van der Waals surface area contributed by atoms with E-state index < -0.39 is 23.8 Å². The summed E-state index contributed by atoms with van der Waals surface area (Å²) in [5.41, 5.74) is 2.08. The number of rotatable bonds is 8. The lowest BCUT2D eigenvalue weighted by atomic mass is 10.1. The summed E-state index contributed by atoms with van der Waals surface area (Å²) in [4.78, 5) is 27.8. The van der Waals surface area contributed by atoms with Crippen LogP contribution in [0.2, 0.25) is 0 Å². The van der Waals surface area contributed by atoms with Crippen molar-refractivity contribution in [2.45, 2.75) is 26.1 Å². The highest BCUT2D eigenvalue weighted by Crippen LogP contribution is 2.46. The second kappa shape index (κ2) is 9.76. The minimum Gasteiger partial charge on any atom is -0.481 e. The number of carbonyl (C=O) groups is 2. The Balaban J connectivity index is 1.31. The van der Waals surface area contributed by atoms with E-state index in [4.69, 9.17) is 4.74 Å². The molecule has 0 unspecified atom stereocenters. The molecule has 4 rings (SSSR count). The number of urea groups is 1. The highest BCUT2D eigenvalue weighted by Gasteiger charge is 2.51. The molecule has 1 heterocycles. The normalized spacial score (nSPS) is 14.0. The van der Waals surface area contributed by atoms with Crippen molar-refractivity contribution in [1.82, 2.24) is 4.98 Å². The fourth-order valence-corrected chi connectivity index (χ4v) is 3.42. The van der Waals surface area contributed by atoms with Crippen molar-refractivity contribution in [2.24, 2.45) is 5.41 Å². The van der Waals surface area contributed by atoms with Crippen LogP contribution in [0.3, 0.4) is 0 Å². The number of aliphatic carboxylic acids is 1. The third kappa shape index (κ3) is 6.23. The van der Waals surface area contributed by atoms with Crippen LogP contribution in [0.15, 0.2) is 60.8 Å². The number of nitrogens with zero attached hydrogens (tertiary/aromatic N) is 1. The molecule has 3 aromatic rings. The molecular formula is C25H22F3N3O5. The predicted octanol–water partition coefficient (Wildman–Crippen LogP) is 5.84. The van der Waals surface area contributed by atoms with Gasteiger partial charge < -0.3 is 25.2 Å². The van der Waals surface area contributed by atoms with Crippen molar-refractivity contribution in [2.75, 3.05) is 17.2 Å². The van der Waals surface area contributed by atoms with E-state index in [0.29, 0.717) is 35.7 Å². The molecule has 0 atom stereocenters. The zero-order valence-corrected chi connectivity index (χ0v) is 19.1. The van der Waals surface area contributed by atoms with Gasteiger partial charge in [-0.3, -0.25) is 4.79 Å². The number of alkyl halides is 3. The molecule has 0 radical (unpaired) electrons. The van der Waals surface area contributed by atoms with Gasteiger partial charge >= 0.3 is 18.4 Å². The molecule has 1 aliphatic carbocycles. The number of carboxylic acid groups (broad SMARTS) is 1. The summed E-state index contributed by atoms with van der Waals surface area (Å²) in [6, 6.07) is 13.5. The smallest absolute Gasteiger partial charge is 0.481 e. The van der Waals surface area contributed by atoms with E-state index in [2.05, 4.69) is 20.4 Å². The Bertz CT molecular complexity index is 1260. The monoisotopic (exact) mass is 501 g/mol. The van der Waals surface area contributed by atoms with Crippen molar-refractivity contribution in [1.29, 1.82) is 0 Å². The first-order valence-corrected chi connectivity index (χ1v) is 10.9. The number of carbonyl (C=O) groups excluding carboxylic acids is 1. The molecule has 1 aromatic heterocycles. The molecule has 0 saturated heterocycles. The van der Waals surface area contributed by atoms with Gasteiger partial charge in [0.15, 0.2) is 0 Å². The molecule has 8 nitrogen and oxygen atoms in total. The Morgan fingerprint density at radius 3 is 2.28 bits per heavy atom. The molecular weight excluding hydrogens is 479 g/mol. The molecule has 0 bridgehead atoms. The van der Waals surface area contributed by atoms with Crippen molar-refractivity contribution in [3.05, 3.63) is 66.4 Å². The van der Waals surface area contributed by atoms with Crippen LogP contribution in [-0.4, -0.2) is 35.1 Å². The van der Waals surface area contributed by atoms with Crippen molar-refractivity contribution >= 4 is 23.4 Å². The quantitative estimate of drug-likeness (QED) is 0.358. The summed E-state index contributed by atoms with van der Waals surface area (Å²) in [5, 5.41) is 14.5. The van der Waals surface area contributed by atoms with Gasteiger partial charge in [-0.05, 0) is 67.3 Å². The Labute approximate surface area is 204 Å². The van der Waals surface area contributed by atoms with Gasteiger partial charge in [-0.15, -0.1) is 13.2 Å². The van der Waals surface area contributed by atoms with Crippen LogP contribution in [-0.2, 0) is 4.79 Å². The number of pyridine rings is 1. The zero-order valence-electron chi connectivity index (χ0n) is 19.1. The number of hydrogen-bond donors (Lipinski definition) is 3. The summed E-state index contributed by atoms with van der Waals surface area (Å²) < 4.78 is 46.4. The van der Waals surface area contributed by atoms with Gasteiger partial charge in [0, 0.05) is 29.2 Å². The number of ether oxygens (including phenoxy) is 2. The number of amides is 2. The van der Waals surface area contributed by atoms with Gasteiger partial charge in [0.1, 0.15) is 17.8 Å². The van der Waals surface area contributed by atoms with Crippen LogP contribution in [0, 0.1) is 12.3 Å². The van der Waals surface area contributed by atoms with E-state index in [9.17, 15) is 27.9 Å². The van der Waals surface area contributed by atoms with Gasteiger partial charge in [0.25, 0.3) is 0 Å². The summed E-state index contributed by atoms with van der Waals surface area (Å²) in [6.07, 6.45) is -1.98. The summed E-state index contributed by atoms with van der Waals surface area (Å²) in [5.74, 6) is -0.887. The van der Waals surface area contributed by atoms with Gasteiger partial charge in [0.2, 0.25) is 5.88 Å². The molecule has 1 aliphatic rings. The average Bonchev–Trinajstić information content (AvgIpc) is 3.61. The average molecular weight is 501 g/mol. The van der Waals surface area contributed by atoms with E-state index in [1.54, 1.807) is 49.5 Å². The molecule has 0 aliphatic heterocycles. The lowest BCUT2D eigenvalue weighted by Crippen LogP contribution is -2.23. The first kappa shape index (κ1) is 24.8. The number of aromatic nitrogens is 1. The van der Waals surface area contributed by atoms with Crippen LogP contribution >= 0.6 is 0 Å². The lowest BCUT2D eigenvalue weighted by molar-refractivity contribution is -0.274. The number of anilines is 2. The van der Waals surface area contributed by atoms with Crippen LogP contribution in [0.5, 0.6) is 11.6 Å². The second-order valence-electron chi connectivity index (χ2n) is 8.44. The van der Waals surface area contributed by atoms with Crippen molar-refractivity contribution in [3.8, 4) is 22.8 Å². The number of hydrogen-bond acceptors (Lipinski definition) is 5. The van der Waals surface area contributed by atoms with Crippen molar-refractivity contribution < 1.29 is 37.3 Å². The number of nitrogens with one attached hydrogen (secondary N) is 2. The lowest BCUT2D eigenvalue weighted by Gasteiger charge is -2.13. The number of aryl methyl sites for hydroxylation is 1. The maximum absolute atomic E-state index is 12.3. The van der Waals surface area contributed by atoms with E-state index in [1.807, 2.05) is 0 Å². The molecule has 1 saturated carbocycles. The van der Waals surface area contributed by atoms with Crippen molar-refractivity contribution in [3.63, 3.8) is 0 Å². The highest BCUT2D eigenvalue weighted by molar-refractivity contribution is 6.00. The molecule has 11 heteroatoms. The Kier molecular flexibility index (Phi) is 6.73. The van der Waals surface area contributed by atoms with Crippen LogP contribution in [0.25, 0.3) is 11.1 Å². The molecule has 2 amide bonds. The zero-order chi connectivity index (χ0) is 25.9. The Morgan fingerprint density at radius 2 is 1.72 bits per heavy atom. The molecule has 2 aromatic carbocycles. The first-order valence-electron chi connectivity index (χ1n) is 10.9. The van der Waals surface area contributed by atoms with Gasteiger partial charge in [-0.1, -0.05) is 12.1 Å². The van der Waals surface area contributed by atoms with E-state index in [1.165, 1.54) is 12.1 Å². The topological polar surface area (TPSA) is 110 Å². The molecule has 188 valence electrons. The minimum atomic E-state index is -4.79. The highest BCUT2D eigenvalue weighted by atomic mass is 19.4. The molecule has 3 N–H and O–H groups in total. The first-order chi connectivity index (χ1) is 17.0. The SMILES string of the molecule is Cc1cc(OC(F)(F)F)ccc1NC(=O)Nc1ccc(-c2ccc(OCC3(C(=O)O)CC3)nc2)cc1. The largest absolute Gasteiger partial charge is 0.573 e. The number of benzene rings is 2. The number of halogens is 3. The Hall–Kier alpha value is -4.28. The standard InChI is InChI=1S/C25H22F3N3O5/c1-15-12-19(36-25(26,27)28)7-8-20(15)31-23(34)30-18-5-2-16(3-6-18)17-4-9-21(29-13-17)35-14-24(10-11-24)22(32)33/h2-9,12-13H,10-11,14H2,1H3,(H,32,33)(H2,30,31,34). The summed E-state index contributed by atoms with van der Waals surface area (Å²) in [7, 11) is 0. The third-order valence-electron chi connectivity index (χ3n) is 5.70. The molecule has 36 heavy (non-hydrogen) atoms. The molecule has 0 spiro atoms. The van der Waals surface area contributed by atoms with E-state index in [0.717, 1.165) is 17.2 Å². The van der Waals surface area contributed by atoms with Crippen LogP contribution < -0.4 is 20.1 Å². The third-order valence-corrected chi connectivity index (χ3v) is 5.70. The fourth-order valence-electron chi connectivity index (χ4n) is 3.42. The van der Waals surface area contributed by atoms with Gasteiger partial charge in [-0.25, -0.2) is 9.78 Å². The summed E-state index contributed by atoms with van der Waals surface area (Å²) in [6.45, 7) is 1.64. The van der Waals surface area contributed by atoms with Crippen LogP contribution in [0.4, 0.5) is 29.3 Å². The Morgan fingerprint density at radius 1 is 1.03 bits per heavy atom. The van der Waals surface area contributed by atoms with Gasteiger partial charge in [0.05, 0.1) is 0 Å². The predicted molar refractivity (Wildman–Crippen MR) is 125 cm³/mol. The molecule has 1 fully saturated rings. The maximum atomic E-state index is 12.3. The van der Waals surface area contributed by atoms with Crippen LogP contribution in [0.1, 0.15) is 18.4 Å². The minimum absolute atomic E-state index is 0.0854. The van der Waals surface area contributed by atoms with E-state index >= 15 is 0 Å². The fraction of sp³-hybridized carbons (Fsp3) is 0.240. The number of carboxylic acids is 1. The van der Waals surface area contributed by atoms with Gasteiger partial charge in [-0.2, -0.15) is 0 Å². The maximum Gasteiger partial charge on any atom is 0.573 e. The summed E-state index contributed by atoms with van der Waals surface area (Å²) >= 11 is 0.